The van der Waals surface area contributed by atoms with Crippen molar-refractivity contribution in [3.8, 4) is 0 Å². The molecule has 1 N–H and O–H groups in total. The van der Waals surface area contributed by atoms with E-state index in [1.807, 2.05) is 36.0 Å². The number of thioether (sulfide) groups is 1. The van der Waals surface area contributed by atoms with Crippen LogP contribution in [0.3, 0.4) is 0 Å². The molecule has 0 amide bonds. The summed E-state index contributed by atoms with van der Waals surface area (Å²) >= 11 is 1.81. The Bertz CT molecular complexity index is 438. The third kappa shape index (κ3) is 7.03. The molecule has 3 nitrogen and oxygen atoms in total. The fourth-order valence-corrected chi connectivity index (χ4v) is 3.21. The first-order valence-electron chi connectivity index (χ1n) is 5.95. The van der Waals surface area contributed by atoms with Crippen molar-refractivity contribution in [2.75, 3.05) is 17.8 Å². The van der Waals surface area contributed by atoms with E-state index in [9.17, 15) is 8.42 Å². The van der Waals surface area contributed by atoms with Gasteiger partial charge in [0.25, 0.3) is 0 Å². The largest absolute Gasteiger partial charge is 0.392 e. The molecule has 0 fully saturated rings. The number of unbranched alkanes of at least 4 members (excludes halogenated alkanes) is 1. The van der Waals surface area contributed by atoms with Crippen molar-refractivity contribution in [2.24, 2.45) is 0 Å². The number of sulfone groups is 1. The Balaban J connectivity index is 2.14. The third-order valence-electron chi connectivity index (χ3n) is 2.53. The van der Waals surface area contributed by atoms with Gasteiger partial charge in [-0.25, -0.2) is 8.42 Å². The van der Waals surface area contributed by atoms with Crippen LogP contribution < -0.4 is 0 Å². The van der Waals surface area contributed by atoms with Crippen molar-refractivity contribution in [2.45, 2.75) is 25.2 Å². The maximum atomic E-state index is 10.9. The van der Waals surface area contributed by atoms with Crippen LogP contribution in [-0.2, 0) is 22.2 Å². The van der Waals surface area contributed by atoms with Crippen LogP contribution in [0.4, 0.5) is 0 Å². The molecular formula is C13H20O3S2. The number of hydrogen-bond acceptors (Lipinski definition) is 4. The molecule has 102 valence electrons. The third-order valence-corrected chi connectivity index (χ3v) is 4.67. The minimum absolute atomic E-state index is 0.0823. The minimum Gasteiger partial charge on any atom is -0.392 e. The van der Waals surface area contributed by atoms with Gasteiger partial charge in [-0.1, -0.05) is 24.3 Å². The van der Waals surface area contributed by atoms with Gasteiger partial charge >= 0.3 is 0 Å². The number of aliphatic hydroxyl groups excluding tert-OH is 1. The van der Waals surface area contributed by atoms with Gasteiger partial charge in [-0.3, -0.25) is 0 Å². The zero-order chi connectivity index (χ0) is 13.4. The predicted octanol–water partition coefficient (Wildman–Crippen LogP) is 2.24. The van der Waals surface area contributed by atoms with E-state index in [0.29, 0.717) is 5.75 Å². The molecule has 0 aliphatic rings. The number of aliphatic hydroxyl groups is 1. The Morgan fingerprint density at radius 1 is 1.11 bits per heavy atom. The molecule has 5 heteroatoms. The molecule has 0 heterocycles. The predicted molar refractivity (Wildman–Crippen MR) is 77.5 cm³/mol. The van der Waals surface area contributed by atoms with Crippen molar-refractivity contribution in [1.29, 1.82) is 0 Å². The maximum Gasteiger partial charge on any atom is 0.147 e. The van der Waals surface area contributed by atoms with Gasteiger partial charge in [-0.15, -0.1) is 0 Å². The average Bonchev–Trinajstić information content (AvgIpc) is 2.33. The van der Waals surface area contributed by atoms with Crippen molar-refractivity contribution >= 4 is 21.6 Å². The first kappa shape index (κ1) is 15.5. The second-order valence-electron chi connectivity index (χ2n) is 4.36. The Kier molecular flexibility index (Phi) is 6.75. The van der Waals surface area contributed by atoms with Crippen LogP contribution in [-0.4, -0.2) is 31.3 Å². The summed E-state index contributed by atoms with van der Waals surface area (Å²) in [6, 6.07) is 7.91. The summed E-state index contributed by atoms with van der Waals surface area (Å²) < 4.78 is 21.8. The quantitative estimate of drug-likeness (QED) is 0.745. The molecule has 0 aromatic heterocycles. The van der Waals surface area contributed by atoms with Gasteiger partial charge < -0.3 is 5.11 Å². The summed E-state index contributed by atoms with van der Waals surface area (Å²) in [5, 5.41) is 8.91. The highest BCUT2D eigenvalue weighted by atomic mass is 32.2. The highest BCUT2D eigenvalue weighted by molar-refractivity contribution is 7.98. The number of rotatable bonds is 8. The average molecular weight is 288 g/mol. The Morgan fingerprint density at radius 3 is 2.28 bits per heavy atom. The maximum absolute atomic E-state index is 10.9. The van der Waals surface area contributed by atoms with Crippen LogP contribution in [0.25, 0.3) is 0 Å². The molecular weight excluding hydrogens is 268 g/mol. The summed E-state index contributed by atoms with van der Waals surface area (Å²) in [6.07, 6.45) is 2.96. The van der Waals surface area contributed by atoms with E-state index in [0.717, 1.165) is 29.9 Å². The van der Waals surface area contributed by atoms with Gasteiger partial charge in [-0.2, -0.15) is 11.8 Å². The molecule has 0 aliphatic heterocycles. The van der Waals surface area contributed by atoms with Crippen LogP contribution in [0.5, 0.6) is 0 Å². The molecule has 1 aromatic rings. The van der Waals surface area contributed by atoms with Crippen molar-refractivity contribution in [3.05, 3.63) is 35.4 Å². The van der Waals surface area contributed by atoms with Crippen molar-refractivity contribution < 1.29 is 13.5 Å². The van der Waals surface area contributed by atoms with E-state index in [4.69, 9.17) is 5.11 Å². The normalized spacial score (nSPS) is 11.7. The van der Waals surface area contributed by atoms with Gasteiger partial charge in [0, 0.05) is 17.8 Å². The van der Waals surface area contributed by atoms with Crippen molar-refractivity contribution in [3.63, 3.8) is 0 Å². The van der Waals surface area contributed by atoms with E-state index >= 15 is 0 Å². The second kappa shape index (κ2) is 7.81. The van der Waals surface area contributed by atoms with Gasteiger partial charge in [0.1, 0.15) is 9.84 Å². The molecule has 0 saturated heterocycles. The summed E-state index contributed by atoms with van der Waals surface area (Å²) in [7, 11) is -2.80. The second-order valence-corrected chi connectivity index (χ2v) is 7.73. The van der Waals surface area contributed by atoms with Crippen molar-refractivity contribution in [1.82, 2.24) is 0 Å². The monoisotopic (exact) mass is 288 g/mol. The number of benzene rings is 1. The fraction of sp³-hybridized carbons (Fsp3) is 0.538. The smallest absolute Gasteiger partial charge is 0.147 e. The fourth-order valence-electron chi connectivity index (χ4n) is 1.50. The lowest BCUT2D eigenvalue weighted by Gasteiger charge is -2.03. The Morgan fingerprint density at radius 2 is 1.72 bits per heavy atom. The van der Waals surface area contributed by atoms with E-state index < -0.39 is 9.84 Å². The highest BCUT2D eigenvalue weighted by Gasteiger charge is 2.01. The van der Waals surface area contributed by atoms with Gasteiger partial charge in [0.15, 0.2) is 0 Å². The summed E-state index contributed by atoms with van der Waals surface area (Å²) in [4.78, 5) is 0. The zero-order valence-corrected chi connectivity index (χ0v) is 12.3. The molecule has 0 saturated carbocycles. The minimum atomic E-state index is -2.80. The number of hydrogen-bond donors (Lipinski definition) is 1. The van der Waals surface area contributed by atoms with Gasteiger partial charge in [0.05, 0.1) is 6.61 Å². The first-order valence-corrected chi connectivity index (χ1v) is 9.17. The van der Waals surface area contributed by atoms with Gasteiger partial charge in [-0.05, 0) is 29.7 Å². The topological polar surface area (TPSA) is 54.4 Å². The van der Waals surface area contributed by atoms with Crippen LogP contribution in [0, 0.1) is 0 Å². The lowest BCUT2D eigenvalue weighted by Crippen LogP contribution is -2.02. The highest BCUT2D eigenvalue weighted by Crippen LogP contribution is 2.14. The summed E-state index contributed by atoms with van der Waals surface area (Å²) in [5.74, 6) is 2.21. The standard InChI is InChI=1S/C13H20O3S2/c1-18(15,16)9-3-2-8-17-11-13-6-4-12(10-14)5-7-13/h4-7,14H,2-3,8-11H2,1H3. The Labute approximate surface area is 114 Å². The van der Waals surface area contributed by atoms with Gasteiger partial charge in [0.2, 0.25) is 0 Å². The lowest BCUT2D eigenvalue weighted by atomic mass is 10.2. The molecule has 1 aromatic carbocycles. The SMILES string of the molecule is CS(=O)(=O)CCCCSCc1ccc(CO)cc1. The molecule has 1 rings (SSSR count). The van der Waals surface area contributed by atoms with E-state index in [1.165, 1.54) is 11.8 Å². The van der Waals surface area contributed by atoms with E-state index in [2.05, 4.69) is 0 Å². The molecule has 0 unspecified atom stereocenters. The zero-order valence-electron chi connectivity index (χ0n) is 10.6. The van der Waals surface area contributed by atoms with E-state index in [1.54, 1.807) is 0 Å². The summed E-state index contributed by atoms with van der Waals surface area (Å²) in [5.41, 5.74) is 2.16. The van der Waals surface area contributed by atoms with Crippen LogP contribution >= 0.6 is 11.8 Å². The van der Waals surface area contributed by atoms with E-state index in [-0.39, 0.29) is 6.61 Å². The molecule has 18 heavy (non-hydrogen) atoms. The molecule has 0 bridgehead atoms. The van der Waals surface area contributed by atoms with Crippen LogP contribution in [0.2, 0.25) is 0 Å². The lowest BCUT2D eigenvalue weighted by molar-refractivity contribution is 0.282. The Hall–Kier alpha value is -0.520. The molecule has 0 spiro atoms. The molecule has 0 atom stereocenters. The summed E-state index contributed by atoms with van der Waals surface area (Å²) in [6.45, 7) is 0.0823. The van der Waals surface area contributed by atoms with Crippen LogP contribution in [0.1, 0.15) is 24.0 Å². The first-order chi connectivity index (χ1) is 8.51. The van der Waals surface area contributed by atoms with Crippen LogP contribution in [0.15, 0.2) is 24.3 Å². The molecule has 0 aliphatic carbocycles. The molecule has 0 radical (unpaired) electrons.